The number of carbonyl (C=O) groups is 2. The van der Waals surface area contributed by atoms with Gasteiger partial charge in [-0.05, 0) is 44.5 Å². The second kappa shape index (κ2) is 11.1. The molecule has 0 atom stereocenters. The molecule has 0 spiro atoms. The number of carbonyl (C=O) groups excluding carboxylic acids is 2. The van der Waals surface area contributed by atoms with Crippen molar-refractivity contribution in [3.8, 4) is 0 Å². The Morgan fingerprint density at radius 3 is 2.59 bits per heavy atom. The van der Waals surface area contributed by atoms with Crippen molar-refractivity contribution >= 4 is 41.7 Å². The second-order valence-electron chi connectivity index (χ2n) is 6.16. The molecule has 2 rings (SSSR count). The van der Waals surface area contributed by atoms with E-state index in [1.165, 1.54) is 12.1 Å². The number of halogens is 1. The van der Waals surface area contributed by atoms with Crippen molar-refractivity contribution < 1.29 is 14.5 Å². The predicted octanol–water partition coefficient (Wildman–Crippen LogP) is 2.20. The van der Waals surface area contributed by atoms with E-state index >= 15 is 0 Å². The highest BCUT2D eigenvalue weighted by Gasteiger charge is 2.25. The van der Waals surface area contributed by atoms with Crippen molar-refractivity contribution in [2.24, 2.45) is 5.73 Å². The number of hydrogen-bond donors (Lipinski definition) is 2. The molecule has 150 valence electrons. The van der Waals surface area contributed by atoms with Crippen LogP contribution in [-0.2, 0) is 4.79 Å². The number of benzene rings is 1. The molecular weight excluding hydrogens is 392 g/mol. The lowest BCUT2D eigenvalue weighted by Gasteiger charge is -2.34. The molecule has 3 N–H and O–H groups in total. The molecule has 1 saturated heterocycles. The van der Waals surface area contributed by atoms with E-state index in [9.17, 15) is 19.7 Å². The van der Waals surface area contributed by atoms with Gasteiger partial charge in [-0.2, -0.15) is 0 Å². The van der Waals surface area contributed by atoms with Gasteiger partial charge in [0.1, 0.15) is 0 Å². The van der Waals surface area contributed by atoms with Gasteiger partial charge in [0.05, 0.1) is 15.6 Å². The van der Waals surface area contributed by atoms with Crippen LogP contribution in [0.3, 0.4) is 0 Å². The number of amides is 2. The van der Waals surface area contributed by atoms with Crippen LogP contribution in [-0.4, -0.2) is 53.1 Å². The van der Waals surface area contributed by atoms with Crippen LogP contribution in [0.25, 0.3) is 0 Å². The summed E-state index contributed by atoms with van der Waals surface area (Å²) in [5.74, 6) is -0.612. The third kappa shape index (κ3) is 6.37. The quantitative estimate of drug-likeness (QED) is 0.381. The Bertz CT molecular complexity index is 683. The Morgan fingerprint density at radius 1 is 1.37 bits per heavy atom. The van der Waals surface area contributed by atoms with E-state index in [1.807, 2.05) is 11.8 Å². The third-order valence-corrected chi connectivity index (χ3v) is 5.37. The molecule has 1 heterocycles. The van der Waals surface area contributed by atoms with Crippen molar-refractivity contribution in [1.82, 2.24) is 10.2 Å². The first-order valence-electron chi connectivity index (χ1n) is 8.65. The fourth-order valence-electron chi connectivity index (χ4n) is 3.03. The molecule has 1 aromatic carbocycles. The summed E-state index contributed by atoms with van der Waals surface area (Å²) in [5.41, 5.74) is 5.05. The normalized spacial score (nSPS) is 14.3. The topological polar surface area (TPSA) is 119 Å². The summed E-state index contributed by atoms with van der Waals surface area (Å²) in [6.45, 7) is 4.51. The number of hydrogen-bond acceptors (Lipinski definition) is 6. The highest BCUT2D eigenvalue weighted by atomic mass is 35.5. The van der Waals surface area contributed by atoms with Gasteiger partial charge in [-0.1, -0.05) is 6.92 Å². The van der Waals surface area contributed by atoms with Gasteiger partial charge in [-0.25, -0.2) is 0 Å². The van der Waals surface area contributed by atoms with Crippen molar-refractivity contribution in [3.63, 3.8) is 0 Å². The lowest BCUT2D eigenvalue weighted by molar-refractivity contribution is -0.387. The van der Waals surface area contributed by atoms with E-state index in [1.54, 1.807) is 0 Å². The third-order valence-electron chi connectivity index (χ3n) is 4.33. The number of rotatable bonds is 8. The van der Waals surface area contributed by atoms with E-state index in [0.29, 0.717) is 11.4 Å². The number of nitro groups is 1. The minimum atomic E-state index is -0.722. The summed E-state index contributed by atoms with van der Waals surface area (Å²) in [6.07, 6.45) is 2.71. The van der Waals surface area contributed by atoms with Crippen molar-refractivity contribution in [2.45, 2.75) is 37.1 Å². The molecule has 8 nitrogen and oxygen atoms in total. The molecule has 0 saturated carbocycles. The summed E-state index contributed by atoms with van der Waals surface area (Å²) in [7, 11) is 0. The molecular formula is C17H25ClN4O4S. The summed E-state index contributed by atoms with van der Waals surface area (Å²) in [4.78, 5) is 36.9. The maximum atomic E-state index is 12.7. The van der Waals surface area contributed by atoms with Crippen LogP contribution in [0.15, 0.2) is 23.1 Å². The van der Waals surface area contributed by atoms with Gasteiger partial charge in [0, 0.05) is 24.2 Å². The van der Waals surface area contributed by atoms with Crippen molar-refractivity contribution in [3.05, 3.63) is 33.9 Å². The number of nitrogens with two attached hydrogens (primary N) is 1. The van der Waals surface area contributed by atoms with Crippen LogP contribution in [0, 0.1) is 10.1 Å². The molecule has 1 aromatic rings. The first-order chi connectivity index (χ1) is 12.4. The zero-order valence-corrected chi connectivity index (χ0v) is 16.8. The highest BCUT2D eigenvalue weighted by molar-refractivity contribution is 8.00. The first kappa shape index (κ1) is 23.2. The van der Waals surface area contributed by atoms with Crippen LogP contribution < -0.4 is 11.1 Å². The van der Waals surface area contributed by atoms with E-state index in [-0.39, 0.29) is 41.4 Å². The van der Waals surface area contributed by atoms with Crippen molar-refractivity contribution in [2.75, 3.05) is 25.4 Å². The van der Waals surface area contributed by atoms with Gasteiger partial charge in [0.15, 0.2) is 0 Å². The van der Waals surface area contributed by atoms with E-state index in [4.69, 9.17) is 5.73 Å². The SMILES string of the molecule is CCCN(C(=O)CSc1ccc(C(N)=O)cc1[N+](=O)[O-])C1CCNCC1.Cl. The Kier molecular flexibility index (Phi) is 9.54. The predicted molar refractivity (Wildman–Crippen MR) is 107 cm³/mol. The molecule has 0 aliphatic carbocycles. The Labute approximate surface area is 168 Å². The van der Waals surface area contributed by atoms with Crippen LogP contribution in [0.2, 0.25) is 0 Å². The van der Waals surface area contributed by atoms with Gasteiger partial charge >= 0.3 is 0 Å². The maximum absolute atomic E-state index is 12.7. The minimum absolute atomic E-state index is 0. The fraction of sp³-hybridized carbons (Fsp3) is 0.529. The smallest absolute Gasteiger partial charge is 0.283 e. The monoisotopic (exact) mass is 416 g/mol. The Hall–Kier alpha value is -1.84. The molecule has 0 aromatic heterocycles. The van der Waals surface area contributed by atoms with Crippen LogP contribution in [0.4, 0.5) is 5.69 Å². The van der Waals surface area contributed by atoms with Gasteiger partial charge in [0.2, 0.25) is 11.8 Å². The molecule has 2 amide bonds. The lowest BCUT2D eigenvalue weighted by atomic mass is 10.0. The highest BCUT2D eigenvalue weighted by Crippen LogP contribution is 2.30. The maximum Gasteiger partial charge on any atom is 0.283 e. The Morgan fingerprint density at radius 2 is 2.04 bits per heavy atom. The molecule has 1 fully saturated rings. The van der Waals surface area contributed by atoms with E-state index in [0.717, 1.165) is 50.2 Å². The van der Waals surface area contributed by atoms with Gasteiger partial charge < -0.3 is 16.0 Å². The molecule has 1 aliphatic rings. The van der Waals surface area contributed by atoms with E-state index < -0.39 is 10.8 Å². The number of primary amides is 1. The number of thioether (sulfide) groups is 1. The number of nitrogens with zero attached hydrogens (tertiary/aromatic N) is 2. The summed E-state index contributed by atoms with van der Waals surface area (Å²) >= 11 is 1.12. The largest absolute Gasteiger partial charge is 0.366 e. The summed E-state index contributed by atoms with van der Waals surface area (Å²) in [6, 6.07) is 4.30. The summed E-state index contributed by atoms with van der Waals surface area (Å²) < 4.78 is 0. The molecule has 0 unspecified atom stereocenters. The average molecular weight is 417 g/mol. The zero-order valence-electron chi connectivity index (χ0n) is 15.2. The Balaban J connectivity index is 0.00000364. The van der Waals surface area contributed by atoms with Crippen LogP contribution in [0.1, 0.15) is 36.5 Å². The zero-order chi connectivity index (χ0) is 19.1. The first-order valence-corrected chi connectivity index (χ1v) is 9.63. The minimum Gasteiger partial charge on any atom is -0.366 e. The molecule has 0 radical (unpaired) electrons. The lowest BCUT2D eigenvalue weighted by Crippen LogP contribution is -2.47. The van der Waals surface area contributed by atoms with Crippen LogP contribution >= 0.6 is 24.2 Å². The fourth-order valence-corrected chi connectivity index (χ4v) is 3.92. The number of nitrogens with one attached hydrogen (secondary N) is 1. The van der Waals surface area contributed by atoms with Gasteiger partial charge in [-0.3, -0.25) is 19.7 Å². The number of nitro benzene ring substituents is 1. The molecule has 0 bridgehead atoms. The van der Waals surface area contributed by atoms with Crippen molar-refractivity contribution in [1.29, 1.82) is 0 Å². The number of piperidine rings is 1. The molecule has 1 aliphatic heterocycles. The van der Waals surface area contributed by atoms with Gasteiger partial charge in [-0.15, -0.1) is 24.2 Å². The van der Waals surface area contributed by atoms with E-state index in [2.05, 4.69) is 5.32 Å². The summed E-state index contributed by atoms with van der Waals surface area (Å²) in [5, 5.41) is 14.5. The average Bonchev–Trinajstić information content (AvgIpc) is 2.64. The molecule has 10 heteroatoms. The second-order valence-corrected chi connectivity index (χ2v) is 7.18. The molecule has 27 heavy (non-hydrogen) atoms. The standard InChI is InChI=1S/C17H24N4O4S.ClH/c1-2-9-20(13-5-7-19-8-6-13)16(22)11-26-15-4-3-12(17(18)23)10-14(15)21(24)25;/h3-4,10,13,19H,2,5-9,11H2,1H3,(H2,18,23);1H. The van der Waals surface area contributed by atoms with Gasteiger partial charge in [0.25, 0.3) is 5.69 Å². The van der Waals surface area contributed by atoms with Crippen LogP contribution in [0.5, 0.6) is 0 Å².